The molecule has 0 aliphatic carbocycles. The fourth-order valence-corrected chi connectivity index (χ4v) is 2.78. The molecule has 0 amide bonds. The summed E-state index contributed by atoms with van der Waals surface area (Å²) >= 11 is 9.20. The smallest absolute Gasteiger partial charge is 0.141 e. The Kier molecular flexibility index (Phi) is 4.94. The van der Waals surface area contributed by atoms with Crippen LogP contribution in [0.3, 0.4) is 0 Å². The summed E-state index contributed by atoms with van der Waals surface area (Å²) in [5, 5.41) is 0.816. The summed E-state index contributed by atoms with van der Waals surface area (Å²) < 4.78 is 26.3. The first kappa shape index (κ1) is 14.5. The fourth-order valence-electron chi connectivity index (χ4n) is 1.97. The minimum Gasteiger partial charge on any atom is -0.207 e. The Morgan fingerprint density at radius 2 is 1.89 bits per heavy atom. The van der Waals surface area contributed by atoms with Crippen LogP contribution in [-0.4, -0.2) is 5.33 Å². The van der Waals surface area contributed by atoms with E-state index in [4.69, 9.17) is 11.6 Å². The SMILES string of the molecule is Fc1cccc(C(CBr)Cc2ccc(F)c(Cl)c2)c1. The van der Waals surface area contributed by atoms with Crippen LogP contribution in [0, 0.1) is 11.6 Å². The van der Waals surface area contributed by atoms with Crippen molar-refractivity contribution < 1.29 is 8.78 Å². The predicted octanol–water partition coefficient (Wildman–Crippen LogP) is 5.34. The largest absolute Gasteiger partial charge is 0.207 e. The molecule has 0 N–H and O–H groups in total. The van der Waals surface area contributed by atoms with Crippen LogP contribution in [0.5, 0.6) is 0 Å². The molecule has 0 radical (unpaired) electrons. The topological polar surface area (TPSA) is 0 Å². The highest BCUT2D eigenvalue weighted by Crippen LogP contribution is 2.25. The lowest BCUT2D eigenvalue weighted by Crippen LogP contribution is -2.05. The van der Waals surface area contributed by atoms with Crippen molar-refractivity contribution in [3.63, 3.8) is 0 Å². The molecule has 1 unspecified atom stereocenters. The molecule has 0 aromatic heterocycles. The van der Waals surface area contributed by atoms with Crippen LogP contribution in [0.2, 0.25) is 5.02 Å². The highest BCUT2D eigenvalue weighted by atomic mass is 79.9. The summed E-state index contributed by atoms with van der Waals surface area (Å²) in [4.78, 5) is 0. The van der Waals surface area contributed by atoms with E-state index in [1.165, 1.54) is 18.2 Å². The fraction of sp³-hybridized carbons (Fsp3) is 0.200. The van der Waals surface area contributed by atoms with Crippen molar-refractivity contribution in [3.05, 3.63) is 70.2 Å². The molecule has 19 heavy (non-hydrogen) atoms. The zero-order valence-electron chi connectivity index (χ0n) is 10.0. The first-order valence-corrected chi connectivity index (χ1v) is 7.35. The number of benzene rings is 2. The van der Waals surface area contributed by atoms with Crippen LogP contribution in [0.25, 0.3) is 0 Å². The molecule has 2 rings (SSSR count). The van der Waals surface area contributed by atoms with E-state index in [2.05, 4.69) is 15.9 Å². The Morgan fingerprint density at radius 3 is 2.53 bits per heavy atom. The lowest BCUT2D eigenvalue weighted by atomic mass is 9.93. The van der Waals surface area contributed by atoms with E-state index >= 15 is 0 Å². The average molecular weight is 346 g/mol. The van der Waals surface area contributed by atoms with Gasteiger partial charge in [0.25, 0.3) is 0 Å². The standard InChI is InChI=1S/C15H12BrClF2/c16-9-12(11-2-1-3-13(18)8-11)6-10-4-5-15(19)14(17)7-10/h1-5,7-8,12H,6,9H2. The Balaban J connectivity index is 2.21. The van der Waals surface area contributed by atoms with Gasteiger partial charge in [-0.15, -0.1) is 0 Å². The first-order chi connectivity index (χ1) is 9.10. The Morgan fingerprint density at radius 1 is 1.11 bits per heavy atom. The zero-order valence-corrected chi connectivity index (χ0v) is 12.4. The number of halogens is 4. The van der Waals surface area contributed by atoms with Gasteiger partial charge in [-0.2, -0.15) is 0 Å². The maximum Gasteiger partial charge on any atom is 0.141 e. The van der Waals surface area contributed by atoms with Gasteiger partial charge < -0.3 is 0 Å². The normalized spacial score (nSPS) is 12.4. The van der Waals surface area contributed by atoms with Gasteiger partial charge in [0, 0.05) is 5.33 Å². The molecule has 0 heterocycles. The molecule has 1 atom stereocenters. The number of rotatable bonds is 4. The van der Waals surface area contributed by atoms with Crippen LogP contribution in [-0.2, 0) is 6.42 Å². The predicted molar refractivity (Wildman–Crippen MR) is 78.0 cm³/mol. The van der Waals surface area contributed by atoms with E-state index in [0.29, 0.717) is 11.8 Å². The molecule has 0 aliphatic heterocycles. The first-order valence-electron chi connectivity index (χ1n) is 5.85. The molecule has 0 bridgehead atoms. The summed E-state index contributed by atoms with van der Waals surface area (Å²) in [7, 11) is 0. The van der Waals surface area contributed by atoms with E-state index in [1.807, 2.05) is 6.07 Å². The monoisotopic (exact) mass is 344 g/mol. The molecule has 100 valence electrons. The van der Waals surface area contributed by atoms with Crippen molar-refractivity contribution >= 4 is 27.5 Å². The van der Waals surface area contributed by atoms with Crippen molar-refractivity contribution in [2.24, 2.45) is 0 Å². The van der Waals surface area contributed by atoms with Gasteiger partial charge in [-0.25, -0.2) is 8.78 Å². The second kappa shape index (κ2) is 6.49. The third-order valence-corrected chi connectivity index (χ3v) is 4.04. The van der Waals surface area contributed by atoms with Crippen molar-refractivity contribution in [3.8, 4) is 0 Å². The summed E-state index contributed by atoms with van der Waals surface area (Å²) in [6, 6.07) is 11.2. The van der Waals surface area contributed by atoms with Crippen LogP contribution >= 0.6 is 27.5 Å². The Bertz CT molecular complexity index is 572. The van der Waals surface area contributed by atoms with Gasteiger partial charge in [0.1, 0.15) is 11.6 Å². The van der Waals surface area contributed by atoms with Gasteiger partial charge in [-0.3, -0.25) is 0 Å². The maximum absolute atomic E-state index is 13.2. The third-order valence-electron chi connectivity index (χ3n) is 2.97. The quantitative estimate of drug-likeness (QED) is 0.656. The molecule has 0 saturated carbocycles. The van der Waals surface area contributed by atoms with Gasteiger partial charge >= 0.3 is 0 Å². The summed E-state index contributed by atoms with van der Waals surface area (Å²) in [5.41, 5.74) is 1.84. The summed E-state index contributed by atoms with van der Waals surface area (Å²) in [5.74, 6) is -0.551. The third kappa shape index (κ3) is 3.77. The molecule has 0 nitrogen and oxygen atoms in total. The molecule has 0 spiro atoms. The molecule has 0 fully saturated rings. The van der Waals surface area contributed by atoms with E-state index in [-0.39, 0.29) is 16.8 Å². The number of hydrogen-bond donors (Lipinski definition) is 0. The number of hydrogen-bond acceptors (Lipinski definition) is 0. The molecular weight excluding hydrogens is 334 g/mol. The second-order valence-electron chi connectivity index (χ2n) is 4.36. The van der Waals surface area contributed by atoms with Crippen molar-refractivity contribution in [1.29, 1.82) is 0 Å². The Hall–Kier alpha value is -0.930. The van der Waals surface area contributed by atoms with E-state index in [1.54, 1.807) is 18.2 Å². The van der Waals surface area contributed by atoms with Gasteiger partial charge in [-0.1, -0.05) is 45.7 Å². The van der Waals surface area contributed by atoms with Crippen LogP contribution in [0.4, 0.5) is 8.78 Å². The minimum absolute atomic E-state index is 0.116. The Labute approximate surface area is 124 Å². The molecule has 4 heteroatoms. The van der Waals surface area contributed by atoms with E-state index < -0.39 is 5.82 Å². The van der Waals surface area contributed by atoms with E-state index in [9.17, 15) is 8.78 Å². The molecule has 2 aromatic carbocycles. The maximum atomic E-state index is 13.2. The second-order valence-corrected chi connectivity index (χ2v) is 5.41. The van der Waals surface area contributed by atoms with Crippen LogP contribution in [0.1, 0.15) is 17.0 Å². The van der Waals surface area contributed by atoms with Crippen molar-refractivity contribution in [2.45, 2.75) is 12.3 Å². The zero-order chi connectivity index (χ0) is 13.8. The van der Waals surface area contributed by atoms with Gasteiger partial charge in [-0.05, 0) is 47.7 Å². The molecule has 0 saturated heterocycles. The van der Waals surface area contributed by atoms with Gasteiger partial charge in [0.15, 0.2) is 0 Å². The molecule has 2 aromatic rings. The van der Waals surface area contributed by atoms with Crippen molar-refractivity contribution in [1.82, 2.24) is 0 Å². The van der Waals surface area contributed by atoms with Gasteiger partial charge in [0.2, 0.25) is 0 Å². The van der Waals surface area contributed by atoms with Crippen molar-refractivity contribution in [2.75, 3.05) is 5.33 Å². The summed E-state index contributed by atoms with van der Waals surface area (Å²) in [6.07, 6.45) is 0.675. The highest BCUT2D eigenvalue weighted by molar-refractivity contribution is 9.09. The molecule has 0 aliphatic rings. The molecular formula is C15H12BrClF2. The lowest BCUT2D eigenvalue weighted by molar-refractivity contribution is 0.620. The van der Waals surface area contributed by atoms with E-state index in [0.717, 1.165) is 11.1 Å². The highest BCUT2D eigenvalue weighted by Gasteiger charge is 2.13. The number of alkyl halides is 1. The van der Waals surface area contributed by atoms with Gasteiger partial charge in [0.05, 0.1) is 5.02 Å². The minimum atomic E-state index is -0.424. The average Bonchev–Trinajstić information content (AvgIpc) is 2.40. The summed E-state index contributed by atoms with van der Waals surface area (Å²) in [6.45, 7) is 0. The van der Waals surface area contributed by atoms with Crippen LogP contribution in [0.15, 0.2) is 42.5 Å². The van der Waals surface area contributed by atoms with Crippen LogP contribution < -0.4 is 0 Å². The lowest BCUT2D eigenvalue weighted by Gasteiger charge is -2.15.